The molecule has 2 aromatic heterocycles. The summed E-state index contributed by atoms with van der Waals surface area (Å²) in [6.45, 7) is 0.563. The molecule has 0 aromatic carbocycles. The average molecular weight is 241 g/mol. The first-order chi connectivity index (χ1) is 7.33. The zero-order valence-electron chi connectivity index (χ0n) is 8.48. The zero-order chi connectivity index (χ0) is 10.7. The first kappa shape index (κ1) is 10.5. The lowest BCUT2D eigenvalue weighted by molar-refractivity contribution is 0.184. The predicted octanol–water partition coefficient (Wildman–Crippen LogP) is 2.45. The third-order valence-corrected chi connectivity index (χ3v) is 3.65. The third kappa shape index (κ3) is 2.34. The number of hydrogen-bond donors (Lipinski definition) is 1. The van der Waals surface area contributed by atoms with Gasteiger partial charge in [0.2, 0.25) is 0 Å². The minimum absolute atomic E-state index is 0.563. The summed E-state index contributed by atoms with van der Waals surface area (Å²) in [5, 5.41) is 6.94. The number of anilines is 1. The smallest absolute Gasteiger partial charge is 0.182 e. The molecule has 6 heteroatoms. The van der Waals surface area contributed by atoms with Gasteiger partial charge in [0, 0.05) is 25.7 Å². The molecule has 4 nitrogen and oxygen atoms in total. The van der Waals surface area contributed by atoms with Crippen LogP contribution in [-0.2, 0) is 11.3 Å². The van der Waals surface area contributed by atoms with E-state index in [9.17, 15) is 0 Å². The molecule has 0 spiro atoms. The number of nitrogens with one attached hydrogen (secondary N) is 1. The number of aromatic nitrogens is 2. The molecule has 0 amide bonds. The highest BCUT2D eigenvalue weighted by atomic mass is 32.1. The van der Waals surface area contributed by atoms with Gasteiger partial charge in [0.15, 0.2) is 5.13 Å². The fraction of sp³-hybridized carbons (Fsp3) is 0.333. The van der Waals surface area contributed by atoms with E-state index in [2.05, 4.69) is 15.3 Å². The molecule has 0 saturated carbocycles. The lowest BCUT2D eigenvalue weighted by Crippen LogP contribution is -1.85. The van der Waals surface area contributed by atoms with E-state index in [0.29, 0.717) is 6.61 Å². The summed E-state index contributed by atoms with van der Waals surface area (Å²) in [5.41, 5.74) is 0.976. The Balaban J connectivity index is 2.21. The maximum atomic E-state index is 5.02. The summed E-state index contributed by atoms with van der Waals surface area (Å²) < 4.78 is 5.02. The molecule has 1 N–H and O–H groups in total. The van der Waals surface area contributed by atoms with Crippen LogP contribution >= 0.6 is 22.7 Å². The molecule has 0 aliphatic heterocycles. The van der Waals surface area contributed by atoms with Crippen molar-refractivity contribution < 1.29 is 4.74 Å². The summed E-state index contributed by atoms with van der Waals surface area (Å²) in [7, 11) is 3.54. The Hall–Kier alpha value is -0.980. The molecular formula is C9H11N3OS2. The maximum Gasteiger partial charge on any atom is 0.182 e. The Morgan fingerprint density at radius 3 is 3.07 bits per heavy atom. The van der Waals surface area contributed by atoms with Crippen molar-refractivity contribution >= 4 is 27.8 Å². The van der Waals surface area contributed by atoms with E-state index in [1.165, 1.54) is 0 Å². The molecule has 0 fully saturated rings. The van der Waals surface area contributed by atoms with Crippen molar-refractivity contribution in [2.75, 3.05) is 19.5 Å². The first-order valence-electron chi connectivity index (χ1n) is 4.40. The Labute approximate surface area is 96.0 Å². The van der Waals surface area contributed by atoms with E-state index in [-0.39, 0.29) is 0 Å². The number of methoxy groups -OCH3 is 1. The van der Waals surface area contributed by atoms with E-state index in [1.54, 1.807) is 29.8 Å². The molecule has 0 unspecified atom stereocenters. The van der Waals surface area contributed by atoms with Crippen LogP contribution in [0.1, 0.15) is 5.01 Å². The van der Waals surface area contributed by atoms with Crippen molar-refractivity contribution in [3.63, 3.8) is 0 Å². The topological polar surface area (TPSA) is 47.0 Å². The van der Waals surface area contributed by atoms with Crippen LogP contribution < -0.4 is 5.32 Å². The lowest BCUT2D eigenvalue weighted by Gasteiger charge is -1.90. The highest BCUT2D eigenvalue weighted by molar-refractivity contribution is 7.16. The van der Waals surface area contributed by atoms with Gasteiger partial charge in [-0.2, -0.15) is 0 Å². The first-order valence-corrected chi connectivity index (χ1v) is 6.10. The van der Waals surface area contributed by atoms with Gasteiger partial charge in [-0.1, -0.05) is 0 Å². The van der Waals surface area contributed by atoms with E-state index < -0.39 is 0 Å². The van der Waals surface area contributed by atoms with Crippen molar-refractivity contribution in [1.82, 2.24) is 9.97 Å². The SMILES string of the molecule is CNc1nc(-c2cnc(COC)s2)cs1. The number of hydrogen-bond acceptors (Lipinski definition) is 6. The minimum atomic E-state index is 0.563. The molecular weight excluding hydrogens is 230 g/mol. The normalized spacial score (nSPS) is 10.5. The second-order valence-electron chi connectivity index (χ2n) is 2.84. The van der Waals surface area contributed by atoms with Gasteiger partial charge in [0.25, 0.3) is 0 Å². The quantitative estimate of drug-likeness (QED) is 0.893. The Morgan fingerprint density at radius 1 is 1.53 bits per heavy atom. The maximum absolute atomic E-state index is 5.02. The van der Waals surface area contributed by atoms with Crippen LogP contribution in [0.15, 0.2) is 11.6 Å². The molecule has 2 heterocycles. The van der Waals surface area contributed by atoms with Crippen LogP contribution in [0.2, 0.25) is 0 Å². The number of thiazole rings is 2. The van der Waals surface area contributed by atoms with E-state index >= 15 is 0 Å². The minimum Gasteiger partial charge on any atom is -0.378 e. The highest BCUT2D eigenvalue weighted by Gasteiger charge is 2.07. The molecule has 2 aromatic rings. The molecule has 0 atom stereocenters. The van der Waals surface area contributed by atoms with Crippen molar-refractivity contribution in [3.05, 3.63) is 16.6 Å². The molecule has 80 valence electrons. The summed E-state index contributed by atoms with van der Waals surface area (Å²) >= 11 is 3.21. The molecule has 0 aliphatic carbocycles. The van der Waals surface area contributed by atoms with Gasteiger partial charge < -0.3 is 10.1 Å². The monoisotopic (exact) mass is 241 g/mol. The fourth-order valence-electron chi connectivity index (χ4n) is 1.12. The van der Waals surface area contributed by atoms with Gasteiger partial charge >= 0.3 is 0 Å². The van der Waals surface area contributed by atoms with E-state index in [0.717, 1.165) is 20.7 Å². The zero-order valence-corrected chi connectivity index (χ0v) is 10.1. The standard InChI is InChI=1S/C9H11N3OS2/c1-10-9-12-6(5-14-9)7-3-11-8(15-7)4-13-2/h3,5H,4H2,1-2H3,(H,10,12). The largest absolute Gasteiger partial charge is 0.378 e. The van der Waals surface area contributed by atoms with Crippen LogP contribution in [0.4, 0.5) is 5.13 Å². The molecule has 0 aliphatic rings. The van der Waals surface area contributed by atoms with Gasteiger partial charge in [-0.3, -0.25) is 0 Å². The van der Waals surface area contributed by atoms with Crippen LogP contribution in [0, 0.1) is 0 Å². The van der Waals surface area contributed by atoms with Crippen molar-refractivity contribution in [3.8, 4) is 10.6 Å². The van der Waals surface area contributed by atoms with Gasteiger partial charge in [-0.25, -0.2) is 9.97 Å². The van der Waals surface area contributed by atoms with Crippen LogP contribution in [0.25, 0.3) is 10.6 Å². The Kier molecular flexibility index (Phi) is 3.30. The lowest BCUT2D eigenvalue weighted by atomic mass is 10.4. The number of nitrogens with zero attached hydrogens (tertiary/aromatic N) is 2. The van der Waals surface area contributed by atoms with Gasteiger partial charge in [-0.05, 0) is 0 Å². The molecule has 0 saturated heterocycles. The predicted molar refractivity (Wildman–Crippen MR) is 63.5 cm³/mol. The molecule has 0 bridgehead atoms. The molecule has 0 radical (unpaired) electrons. The van der Waals surface area contributed by atoms with Crippen molar-refractivity contribution in [2.45, 2.75) is 6.61 Å². The Morgan fingerprint density at radius 2 is 2.40 bits per heavy atom. The fourth-order valence-corrected chi connectivity index (χ4v) is 2.72. The summed E-state index contributed by atoms with van der Waals surface area (Å²) in [6.07, 6.45) is 1.84. The second-order valence-corrected chi connectivity index (χ2v) is 4.81. The van der Waals surface area contributed by atoms with Crippen LogP contribution in [-0.4, -0.2) is 24.1 Å². The summed E-state index contributed by atoms with van der Waals surface area (Å²) in [4.78, 5) is 9.75. The van der Waals surface area contributed by atoms with Crippen molar-refractivity contribution in [1.29, 1.82) is 0 Å². The number of ether oxygens (including phenoxy) is 1. The summed E-state index contributed by atoms with van der Waals surface area (Å²) in [6, 6.07) is 0. The molecule has 15 heavy (non-hydrogen) atoms. The van der Waals surface area contributed by atoms with Gasteiger partial charge in [-0.15, -0.1) is 22.7 Å². The number of rotatable bonds is 4. The van der Waals surface area contributed by atoms with Crippen LogP contribution in [0.3, 0.4) is 0 Å². The van der Waals surface area contributed by atoms with Crippen LogP contribution in [0.5, 0.6) is 0 Å². The Bertz CT molecular complexity index is 438. The average Bonchev–Trinajstić information content (AvgIpc) is 2.85. The highest BCUT2D eigenvalue weighted by Crippen LogP contribution is 2.29. The van der Waals surface area contributed by atoms with Gasteiger partial charge in [0.05, 0.1) is 17.2 Å². The van der Waals surface area contributed by atoms with Gasteiger partial charge in [0.1, 0.15) is 5.01 Å². The van der Waals surface area contributed by atoms with E-state index in [1.807, 2.05) is 18.6 Å². The van der Waals surface area contributed by atoms with Crippen molar-refractivity contribution in [2.24, 2.45) is 0 Å². The second kappa shape index (κ2) is 4.69. The third-order valence-electron chi connectivity index (χ3n) is 1.79. The van der Waals surface area contributed by atoms with E-state index in [4.69, 9.17) is 4.74 Å². The molecule has 2 rings (SSSR count). The summed E-state index contributed by atoms with van der Waals surface area (Å²) in [5.74, 6) is 0.